The van der Waals surface area contributed by atoms with Crippen molar-refractivity contribution in [2.75, 3.05) is 5.73 Å². The van der Waals surface area contributed by atoms with Crippen molar-refractivity contribution >= 4 is 17.5 Å². The van der Waals surface area contributed by atoms with E-state index in [-0.39, 0.29) is 11.1 Å². The minimum absolute atomic E-state index is 0.108. The standard InChI is InChI=1S/C12H12ClN3O.C2H6/c1-8-2-4-9(5-3-8)7-17-11-6-10(13)15-12(14)16-11;1-2/h2-6H,7H2,1H3,(H2,14,15,16);1-2H3. The molecular weight excluding hydrogens is 262 g/mol. The van der Waals surface area contributed by atoms with E-state index in [0.29, 0.717) is 12.5 Å². The zero-order valence-electron chi connectivity index (χ0n) is 11.4. The van der Waals surface area contributed by atoms with Crippen LogP contribution >= 0.6 is 11.6 Å². The smallest absolute Gasteiger partial charge is 0.224 e. The van der Waals surface area contributed by atoms with Crippen LogP contribution in [0.1, 0.15) is 25.0 Å². The minimum atomic E-state index is 0.108. The Labute approximate surface area is 118 Å². The van der Waals surface area contributed by atoms with Gasteiger partial charge in [-0.05, 0) is 12.5 Å². The molecule has 0 aliphatic heterocycles. The summed E-state index contributed by atoms with van der Waals surface area (Å²) in [5.74, 6) is 0.486. The SMILES string of the molecule is CC.Cc1ccc(COc2cc(Cl)nc(N)n2)cc1. The number of benzene rings is 1. The first-order valence-electron chi connectivity index (χ1n) is 6.12. The molecule has 1 aromatic heterocycles. The largest absolute Gasteiger partial charge is 0.473 e. The molecule has 1 heterocycles. The monoisotopic (exact) mass is 279 g/mol. The first-order valence-corrected chi connectivity index (χ1v) is 6.50. The van der Waals surface area contributed by atoms with Crippen LogP contribution in [0.5, 0.6) is 5.88 Å². The lowest BCUT2D eigenvalue weighted by molar-refractivity contribution is 0.294. The van der Waals surface area contributed by atoms with Gasteiger partial charge in [-0.2, -0.15) is 4.98 Å². The third-order valence-corrected chi connectivity index (χ3v) is 2.39. The van der Waals surface area contributed by atoms with Crippen LogP contribution in [0.25, 0.3) is 0 Å². The van der Waals surface area contributed by atoms with Gasteiger partial charge in [-0.15, -0.1) is 0 Å². The molecule has 2 rings (SSSR count). The molecule has 2 N–H and O–H groups in total. The van der Waals surface area contributed by atoms with Crippen molar-refractivity contribution in [1.29, 1.82) is 0 Å². The molecule has 0 fully saturated rings. The summed E-state index contributed by atoms with van der Waals surface area (Å²) in [6.07, 6.45) is 0. The molecule has 0 saturated carbocycles. The van der Waals surface area contributed by atoms with Gasteiger partial charge in [0.25, 0.3) is 0 Å². The second-order valence-electron chi connectivity index (χ2n) is 3.66. The third kappa shape index (κ3) is 5.14. The predicted octanol–water partition coefficient (Wildman–Crippen LogP) is 3.63. The number of nitrogens with zero attached hydrogens (tertiary/aromatic N) is 2. The third-order valence-electron chi connectivity index (χ3n) is 2.20. The van der Waals surface area contributed by atoms with Crippen molar-refractivity contribution in [3.8, 4) is 5.88 Å². The van der Waals surface area contributed by atoms with Crippen molar-refractivity contribution in [3.63, 3.8) is 0 Å². The van der Waals surface area contributed by atoms with E-state index in [0.717, 1.165) is 5.56 Å². The van der Waals surface area contributed by atoms with Crippen molar-refractivity contribution in [2.45, 2.75) is 27.4 Å². The van der Waals surface area contributed by atoms with Crippen LogP contribution in [-0.2, 0) is 6.61 Å². The van der Waals surface area contributed by atoms with Gasteiger partial charge < -0.3 is 10.5 Å². The molecule has 19 heavy (non-hydrogen) atoms. The van der Waals surface area contributed by atoms with Crippen LogP contribution in [0.3, 0.4) is 0 Å². The summed E-state index contributed by atoms with van der Waals surface area (Å²) >= 11 is 5.74. The summed E-state index contributed by atoms with van der Waals surface area (Å²) in [5, 5.41) is 0.274. The second-order valence-corrected chi connectivity index (χ2v) is 4.05. The van der Waals surface area contributed by atoms with Gasteiger partial charge >= 0.3 is 0 Å². The highest BCUT2D eigenvalue weighted by atomic mass is 35.5. The number of aryl methyl sites for hydroxylation is 1. The Kier molecular flexibility index (Phi) is 6.09. The van der Waals surface area contributed by atoms with Crippen LogP contribution in [0.2, 0.25) is 5.15 Å². The average molecular weight is 280 g/mol. The van der Waals surface area contributed by atoms with Crippen LogP contribution in [-0.4, -0.2) is 9.97 Å². The fourth-order valence-electron chi connectivity index (χ4n) is 1.33. The molecule has 0 atom stereocenters. The summed E-state index contributed by atoms with van der Waals surface area (Å²) < 4.78 is 5.48. The molecule has 2 aromatic rings. The van der Waals surface area contributed by atoms with Crippen LogP contribution in [0.4, 0.5) is 5.95 Å². The Balaban J connectivity index is 0.000000861. The molecule has 0 radical (unpaired) electrons. The van der Waals surface area contributed by atoms with Gasteiger partial charge in [-0.3, -0.25) is 0 Å². The van der Waals surface area contributed by atoms with Gasteiger partial charge in [-0.25, -0.2) is 4.98 Å². The van der Waals surface area contributed by atoms with Crippen LogP contribution in [0, 0.1) is 6.92 Å². The van der Waals surface area contributed by atoms with Crippen molar-refractivity contribution in [1.82, 2.24) is 9.97 Å². The summed E-state index contributed by atoms with van der Waals surface area (Å²) in [6.45, 7) is 6.46. The predicted molar refractivity (Wildman–Crippen MR) is 78.3 cm³/mol. The molecule has 4 nitrogen and oxygen atoms in total. The summed E-state index contributed by atoms with van der Waals surface area (Å²) in [6, 6.07) is 9.59. The van der Waals surface area contributed by atoms with Crippen molar-refractivity contribution in [3.05, 3.63) is 46.6 Å². The van der Waals surface area contributed by atoms with E-state index in [1.165, 1.54) is 11.6 Å². The number of hydrogen-bond donors (Lipinski definition) is 1. The normalized spacial score (nSPS) is 9.47. The van der Waals surface area contributed by atoms with Crippen molar-refractivity contribution in [2.24, 2.45) is 0 Å². The first kappa shape index (κ1) is 15.2. The van der Waals surface area contributed by atoms with E-state index in [9.17, 15) is 0 Å². The zero-order valence-corrected chi connectivity index (χ0v) is 12.1. The number of nitrogen functional groups attached to an aromatic ring is 1. The van der Waals surface area contributed by atoms with Gasteiger partial charge in [0, 0.05) is 6.07 Å². The Morgan fingerprint density at radius 1 is 1.16 bits per heavy atom. The number of aromatic nitrogens is 2. The molecule has 102 valence electrons. The lowest BCUT2D eigenvalue weighted by Crippen LogP contribution is -2.01. The number of anilines is 1. The molecule has 0 bridgehead atoms. The molecule has 0 unspecified atom stereocenters. The highest BCUT2D eigenvalue weighted by Crippen LogP contribution is 2.16. The Bertz CT molecular complexity index is 494. The van der Waals surface area contributed by atoms with E-state index in [1.807, 2.05) is 45.0 Å². The summed E-state index contributed by atoms with van der Waals surface area (Å²) in [5.41, 5.74) is 7.73. The Morgan fingerprint density at radius 3 is 2.37 bits per heavy atom. The van der Waals surface area contributed by atoms with E-state index in [1.54, 1.807) is 0 Å². The number of halogens is 1. The molecule has 0 amide bonds. The lowest BCUT2D eigenvalue weighted by atomic mass is 10.2. The van der Waals surface area contributed by atoms with Crippen molar-refractivity contribution < 1.29 is 4.74 Å². The van der Waals surface area contributed by atoms with Crippen LogP contribution < -0.4 is 10.5 Å². The van der Waals surface area contributed by atoms with Gasteiger partial charge in [0.1, 0.15) is 11.8 Å². The summed E-state index contributed by atoms with van der Waals surface area (Å²) in [7, 11) is 0. The van der Waals surface area contributed by atoms with E-state index >= 15 is 0 Å². The van der Waals surface area contributed by atoms with E-state index < -0.39 is 0 Å². The van der Waals surface area contributed by atoms with Gasteiger partial charge in [-0.1, -0.05) is 55.3 Å². The van der Waals surface area contributed by atoms with Gasteiger partial charge in [0.15, 0.2) is 0 Å². The van der Waals surface area contributed by atoms with E-state index in [4.69, 9.17) is 22.1 Å². The van der Waals surface area contributed by atoms with Gasteiger partial charge in [0.2, 0.25) is 11.8 Å². The zero-order chi connectivity index (χ0) is 14.3. The lowest BCUT2D eigenvalue weighted by Gasteiger charge is -2.06. The average Bonchev–Trinajstić information content (AvgIpc) is 2.39. The maximum atomic E-state index is 5.74. The highest BCUT2D eigenvalue weighted by Gasteiger charge is 2.02. The number of ether oxygens (including phenoxy) is 1. The number of rotatable bonds is 3. The van der Waals surface area contributed by atoms with Gasteiger partial charge in [0.05, 0.1) is 0 Å². The Hall–Kier alpha value is -1.81. The highest BCUT2D eigenvalue weighted by molar-refractivity contribution is 6.29. The summed E-state index contributed by atoms with van der Waals surface area (Å²) in [4.78, 5) is 7.68. The molecule has 0 aliphatic rings. The molecule has 0 saturated heterocycles. The molecule has 0 spiro atoms. The Morgan fingerprint density at radius 2 is 1.79 bits per heavy atom. The second kappa shape index (κ2) is 7.59. The first-order chi connectivity index (χ1) is 9.13. The van der Waals surface area contributed by atoms with E-state index in [2.05, 4.69) is 9.97 Å². The minimum Gasteiger partial charge on any atom is -0.473 e. The molecular formula is C14H18ClN3O. The molecule has 0 aliphatic carbocycles. The maximum absolute atomic E-state index is 5.74. The number of nitrogens with two attached hydrogens (primary N) is 1. The van der Waals surface area contributed by atoms with Crippen LogP contribution in [0.15, 0.2) is 30.3 Å². The number of hydrogen-bond acceptors (Lipinski definition) is 4. The fourth-order valence-corrected chi connectivity index (χ4v) is 1.51. The molecule has 5 heteroatoms. The quantitative estimate of drug-likeness (QED) is 0.872. The molecule has 1 aromatic carbocycles. The topological polar surface area (TPSA) is 61.0 Å². The fraction of sp³-hybridized carbons (Fsp3) is 0.286. The maximum Gasteiger partial charge on any atom is 0.224 e.